The minimum atomic E-state index is 0.530. The third-order valence-electron chi connectivity index (χ3n) is 2.80. The molecule has 0 unspecified atom stereocenters. The topological polar surface area (TPSA) is 51.8 Å². The summed E-state index contributed by atoms with van der Waals surface area (Å²) in [5.74, 6) is 1.16. The predicted molar refractivity (Wildman–Crippen MR) is 78.7 cm³/mol. The van der Waals surface area contributed by atoms with Crippen LogP contribution in [-0.2, 0) is 6.42 Å². The Labute approximate surface area is 120 Å². The fourth-order valence-corrected chi connectivity index (χ4v) is 2.19. The van der Waals surface area contributed by atoms with Crippen molar-refractivity contribution in [3.05, 3.63) is 39.0 Å². The van der Waals surface area contributed by atoms with Gasteiger partial charge in [-0.2, -0.15) is 0 Å². The van der Waals surface area contributed by atoms with Crippen LogP contribution in [0.2, 0.25) is 5.02 Å². The Morgan fingerprint density at radius 2 is 2.06 bits per heavy atom. The number of nitrogens with zero attached hydrogens (tertiary/aromatic N) is 2. The molecule has 2 N–H and O–H groups in total. The molecule has 0 amide bonds. The molecule has 3 nitrogen and oxygen atoms in total. The van der Waals surface area contributed by atoms with E-state index in [-0.39, 0.29) is 0 Å². The fourth-order valence-electron chi connectivity index (χ4n) is 1.69. The van der Waals surface area contributed by atoms with Gasteiger partial charge < -0.3 is 5.73 Å². The molecule has 2 rings (SSSR count). The zero-order valence-electron chi connectivity index (χ0n) is 10.2. The molecule has 0 radical (unpaired) electrons. The molecule has 0 saturated heterocycles. The Bertz CT molecular complexity index is 599. The van der Waals surface area contributed by atoms with Gasteiger partial charge in [0.2, 0.25) is 0 Å². The highest BCUT2D eigenvalue weighted by Crippen LogP contribution is 2.28. The van der Waals surface area contributed by atoms with E-state index in [1.54, 1.807) is 0 Å². The number of nitrogen functional groups attached to an aromatic ring is 1. The molecule has 18 heavy (non-hydrogen) atoms. The lowest BCUT2D eigenvalue weighted by atomic mass is 10.1. The maximum atomic E-state index is 5.97. The number of hydrogen-bond donors (Lipinski definition) is 1. The molecule has 0 aliphatic carbocycles. The quantitative estimate of drug-likeness (QED) is 0.907. The molecule has 0 atom stereocenters. The molecular weight excluding hydrogens is 314 g/mol. The van der Waals surface area contributed by atoms with Gasteiger partial charge in [-0.05, 0) is 47.5 Å². The standard InChI is InChI=1S/C13H13BrClN3/c1-3-11-7(2)12(16)18-13(17-11)8-4-5-10(15)9(14)6-8/h4-6H,3H2,1-2H3,(H2,16,17,18). The first-order valence-corrected chi connectivity index (χ1v) is 6.78. The van der Waals surface area contributed by atoms with Gasteiger partial charge in [0, 0.05) is 21.3 Å². The van der Waals surface area contributed by atoms with Crippen molar-refractivity contribution in [2.24, 2.45) is 0 Å². The van der Waals surface area contributed by atoms with Gasteiger partial charge in [-0.1, -0.05) is 18.5 Å². The first-order chi connectivity index (χ1) is 8.52. The highest BCUT2D eigenvalue weighted by Gasteiger charge is 2.10. The van der Waals surface area contributed by atoms with Crippen LogP contribution < -0.4 is 5.73 Å². The summed E-state index contributed by atoms with van der Waals surface area (Å²) < 4.78 is 0.822. The minimum absolute atomic E-state index is 0.530. The van der Waals surface area contributed by atoms with Gasteiger partial charge in [-0.25, -0.2) is 9.97 Å². The number of halogens is 2. The van der Waals surface area contributed by atoms with Crippen LogP contribution in [-0.4, -0.2) is 9.97 Å². The second-order valence-corrected chi connectivity index (χ2v) is 5.25. The zero-order valence-corrected chi connectivity index (χ0v) is 12.5. The highest BCUT2D eigenvalue weighted by atomic mass is 79.9. The van der Waals surface area contributed by atoms with E-state index < -0.39 is 0 Å². The Balaban J connectivity index is 2.57. The van der Waals surface area contributed by atoms with Gasteiger partial charge in [0.25, 0.3) is 0 Å². The lowest BCUT2D eigenvalue weighted by Crippen LogP contribution is -2.04. The number of hydrogen-bond acceptors (Lipinski definition) is 3. The average Bonchev–Trinajstić information content (AvgIpc) is 2.36. The van der Waals surface area contributed by atoms with E-state index in [9.17, 15) is 0 Å². The third-order valence-corrected chi connectivity index (χ3v) is 4.01. The molecule has 0 bridgehead atoms. The van der Waals surface area contributed by atoms with Crippen LogP contribution in [0.4, 0.5) is 5.82 Å². The summed E-state index contributed by atoms with van der Waals surface area (Å²) in [6.45, 7) is 3.99. The van der Waals surface area contributed by atoms with Gasteiger partial charge in [0.05, 0.1) is 5.02 Å². The van der Waals surface area contributed by atoms with E-state index >= 15 is 0 Å². The summed E-state index contributed by atoms with van der Waals surface area (Å²) in [6.07, 6.45) is 0.834. The average molecular weight is 327 g/mol. The maximum absolute atomic E-state index is 5.97. The zero-order chi connectivity index (χ0) is 13.3. The van der Waals surface area contributed by atoms with Crippen molar-refractivity contribution in [2.75, 3.05) is 5.73 Å². The number of benzene rings is 1. The molecule has 0 fully saturated rings. The number of anilines is 1. The van der Waals surface area contributed by atoms with Crippen molar-refractivity contribution in [1.29, 1.82) is 0 Å². The Morgan fingerprint density at radius 3 is 2.67 bits per heavy atom. The van der Waals surface area contributed by atoms with E-state index in [2.05, 4.69) is 32.8 Å². The van der Waals surface area contributed by atoms with Crippen LogP contribution in [0.15, 0.2) is 22.7 Å². The SMILES string of the molecule is CCc1nc(-c2ccc(Cl)c(Br)c2)nc(N)c1C. The second kappa shape index (κ2) is 5.24. The van der Waals surface area contributed by atoms with Crippen LogP contribution in [0.3, 0.4) is 0 Å². The fraction of sp³-hybridized carbons (Fsp3) is 0.231. The lowest BCUT2D eigenvalue weighted by Gasteiger charge is -2.09. The molecule has 1 heterocycles. The van der Waals surface area contributed by atoms with Crippen LogP contribution in [0.5, 0.6) is 0 Å². The van der Waals surface area contributed by atoms with E-state index in [0.717, 1.165) is 27.7 Å². The van der Waals surface area contributed by atoms with Crippen LogP contribution >= 0.6 is 27.5 Å². The van der Waals surface area contributed by atoms with Crippen LogP contribution in [0.1, 0.15) is 18.2 Å². The summed E-state index contributed by atoms with van der Waals surface area (Å²) in [4.78, 5) is 8.86. The van der Waals surface area contributed by atoms with Crippen molar-refractivity contribution >= 4 is 33.3 Å². The van der Waals surface area contributed by atoms with Gasteiger partial charge in [0.15, 0.2) is 5.82 Å². The lowest BCUT2D eigenvalue weighted by molar-refractivity contribution is 0.982. The van der Waals surface area contributed by atoms with Crippen LogP contribution in [0, 0.1) is 6.92 Å². The third kappa shape index (κ3) is 2.49. The monoisotopic (exact) mass is 325 g/mol. The van der Waals surface area contributed by atoms with Gasteiger partial charge in [-0.15, -0.1) is 0 Å². The smallest absolute Gasteiger partial charge is 0.161 e. The molecule has 0 saturated carbocycles. The summed E-state index contributed by atoms with van der Waals surface area (Å²) in [7, 11) is 0. The van der Waals surface area contributed by atoms with Crippen molar-refractivity contribution in [2.45, 2.75) is 20.3 Å². The molecule has 0 spiro atoms. The van der Waals surface area contributed by atoms with E-state index in [4.69, 9.17) is 17.3 Å². The highest BCUT2D eigenvalue weighted by molar-refractivity contribution is 9.10. The predicted octanol–water partition coefficient (Wildman–Crippen LogP) is 4.01. The number of aromatic nitrogens is 2. The Morgan fingerprint density at radius 1 is 1.33 bits per heavy atom. The van der Waals surface area contributed by atoms with Gasteiger partial charge in [-0.3, -0.25) is 0 Å². The van der Waals surface area contributed by atoms with Gasteiger partial charge in [0.1, 0.15) is 5.82 Å². The first-order valence-electron chi connectivity index (χ1n) is 5.61. The maximum Gasteiger partial charge on any atom is 0.161 e. The van der Waals surface area contributed by atoms with Crippen molar-refractivity contribution in [3.63, 3.8) is 0 Å². The molecule has 2 aromatic rings. The molecular formula is C13H13BrClN3. The summed E-state index contributed by atoms with van der Waals surface area (Å²) >= 11 is 9.36. The molecule has 0 aliphatic rings. The second-order valence-electron chi connectivity index (χ2n) is 3.99. The number of rotatable bonds is 2. The van der Waals surface area contributed by atoms with E-state index in [1.807, 2.05) is 25.1 Å². The van der Waals surface area contributed by atoms with E-state index in [0.29, 0.717) is 16.7 Å². The van der Waals surface area contributed by atoms with Crippen molar-refractivity contribution < 1.29 is 0 Å². The van der Waals surface area contributed by atoms with Crippen molar-refractivity contribution in [1.82, 2.24) is 9.97 Å². The molecule has 5 heteroatoms. The largest absolute Gasteiger partial charge is 0.383 e. The van der Waals surface area contributed by atoms with Gasteiger partial charge >= 0.3 is 0 Å². The first kappa shape index (κ1) is 13.3. The molecule has 1 aromatic heterocycles. The van der Waals surface area contributed by atoms with E-state index in [1.165, 1.54) is 0 Å². The normalized spacial score (nSPS) is 10.7. The van der Waals surface area contributed by atoms with Crippen molar-refractivity contribution in [3.8, 4) is 11.4 Å². The number of aryl methyl sites for hydroxylation is 1. The summed E-state index contributed by atoms with van der Waals surface area (Å²) in [6, 6.07) is 5.59. The minimum Gasteiger partial charge on any atom is -0.383 e. The van der Waals surface area contributed by atoms with Crippen LogP contribution in [0.25, 0.3) is 11.4 Å². The molecule has 1 aromatic carbocycles. The summed E-state index contributed by atoms with van der Waals surface area (Å²) in [5, 5.41) is 0.662. The Kier molecular flexibility index (Phi) is 3.88. The summed E-state index contributed by atoms with van der Waals surface area (Å²) in [5.41, 5.74) is 8.74. The molecule has 0 aliphatic heterocycles. The Hall–Kier alpha value is -1.13. The number of nitrogens with two attached hydrogens (primary N) is 1. The molecule has 94 valence electrons.